The van der Waals surface area contributed by atoms with E-state index in [9.17, 15) is 9.59 Å². The number of aliphatic hydroxyl groups excluding tert-OH is 1. The fraction of sp³-hybridized carbons (Fsp3) is 0.222. The molecule has 0 amide bonds. The number of rotatable bonds is 5. The Morgan fingerprint density at radius 1 is 1.25 bits per heavy atom. The molecule has 24 heavy (non-hydrogen) atoms. The number of carboxylic acids is 1. The van der Waals surface area contributed by atoms with Crippen LogP contribution in [0.25, 0.3) is 22.2 Å². The number of fused-ring (bicyclic) bond motifs is 1. The van der Waals surface area contributed by atoms with Crippen molar-refractivity contribution in [3.63, 3.8) is 0 Å². The van der Waals surface area contributed by atoms with E-state index in [1.54, 1.807) is 0 Å². The number of nitrogens with zero attached hydrogens (tertiary/aromatic N) is 1. The third-order valence-corrected chi connectivity index (χ3v) is 4.13. The number of hydrogen-bond donors (Lipinski definition) is 3. The van der Waals surface area contributed by atoms with Gasteiger partial charge in [-0.3, -0.25) is 4.79 Å². The number of H-pyrrole nitrogens is 1. The van der Waals surface area contributed by atoms with Crippen molar-refractivity contribution < 1.29 is 15.0 Å². The highest BCUT2D eigenvalue weighted by Crippen LogP contribution is 2.26. The van der Waals surface area contributed by atoms with Gasteiger partial charge >= 0.3 is 5.97 Å². The molecule has 0 bridgehead atoms. The van der Waals surface area contributed by atoms with Crippen LogP contribution >= 0.6 is 0 Å². The Morgan fingerprint density at radius 3 is 2.71 bits per heavy atom. The van der Waals surface area contributed by atoms with Crippen molar-refractivity contribution in [1.82, 2.24) is 9.55 Å². The first-order valence-corrected chi connectivity index (χ1v) is 7.74. The Hall–Kier alpha value is -2.86. The fourth-order valence-electron chi connectivity index (χ4n) is 2.93. The standard InChI is InChI=1S/C18H18N2O4/c1-2-11-10-14(18(23)24)17(22)19-16(11)13-3-4-15-12(9-13)5-6-20(15)7-8-21/h3-6,9-10,21H,2,7-8H2,1H3,(H,19,22)(H,23,24). The third kappa shape index (κ3) is 2.72. The zero-order chi connectivity index (χ0) is 17.3. The van der Waals surface area contributed by atoms with E-state index in [0.29, 0.717) is 18.7 Å². The minimum absolute atomic E-state index is 0.0650. The van der Waals surface area contributed by atoms with Crippen LogP contribution in [0.2, 0.25) is 0 Å². The third-order valence-electron chi connectivity index (χ3n) is 4.13. The molecular formula is C18H18N2O4. The van der Waals surface area contributed by atoms with Crippen molar-refractivity contribution in [2.75, 3.05) is 6.61 Å². The van der Waals surface area contributed by atoms with Crippen LogP contribution in [0.4, 0.5) is 0 Å². The summed E-state index contributed by atoms with van der Waals surface area (Å²) < 4.78 is 1.95. The first kappa shape index (κ1) is 16.0. The molecule has 6 heteroatoms. The van der Waals surface area contributed by atoms with Gasteiger partial charge in [0.25, 0.3) is 5.56 Å². The minimum Gasteiger partial charge on any atom is -0.477 e. The number of aliphatic hydroxyl groups is 1. The summed E-state index contributed by atoms with van der Waals surface area (Å²) in [5.41, 5.74) is 2.40. The molecule has 1 aromatic carbocycles. The molecule has 0 aliphatic heterocycles. The topological polar surface area (TPSA) is 95.3 Å². The van der Waals surface area contributed by atoms with Crippen LogP contribution in [0.3, 0.4) is 0 Å². The summed E-state index contributed by atoms with van der Waals surface area (Å²) in [5.74, 6) is -1.23. The summed E-state index contributed by atoms with van der Waals surface area (Å²) in [4.78, 5) is 25.8. The molecule has 124 valence electrons. The molecule has 0 saturated carbocycles. The van der Waals surface area contributed by atoms with E-state index in [4.69, 9.17) is 10.2 Å². The quantitative estimate of drug-likeness (QED) is 0.670. The van der Waals surface area contributed by atoms with E-state index >= 15 is 0 Å². The van der Waals surface area contributed by atoms with Gasteiger partial charge in [0.05, 0.1) is 12.3 Å². The van der Waals surface area contributed by atoms with Gasteiger partial charge in [-0.05, 0) is 41.8 Å². The molecular weight excluding hydrogens is 308 g/mol. The summed E-state index contributed by atoms with van der Waals surface area (Å²) in [6.07, 6.45) is 2.51. The predicted octanol–water partition coefficient (Wildman–Crippen LogP) is 2.25. The number of carboxylic acid groups (broad SMARTS) is 1. The molecule has 0 aliphatic rings. The first-order chi connectivity index (χ1) is 11.5. The van der Waals surface area contributed by atoms with Crippen molar-refractivity contribution in [3.8, 4) is 11.3 Å². The van der Waals surface area contributed by atoms with E-state index in [1.807, 2.05) is 42.0 Å². The summed E-state index contributed by atoms with van der Waals surface area (Å²) >= 11 is 0. The van der Waals surface area contributed by atoms with Gasteiger partial charge in [-0.25, -0.2) is 4.79 Å². The molecule has 0 unspecified atom stereocenters. The number of pyridine rings is 1. The van der Waals surface area contributed by atoms with E-state index in [0.717, 1.165) is 22.0 Å². The lowest BCUT2D eigenvalue weighted by Crippen LogP contribution is -2.19. The zero-order valence-electron chi connectivity index (χ0n) is 13.2. The molecule has 0 atom stereocenters. The van der Waals surface area contributed by atoms with Gasteiger partial charge < -0.3 is 19.8 Å². The van der Waals surface area contributed by atoms with Crippen LogP contribution in [0, 0.1) is 0 Å². The Kier molecular flexibility index (Phi) is 4.22. The van der Waals surface area contributed by atoms with Crippen LogP contribution in [0.15, 0.2) is 41.3 Å². The number of aromatic carboxylic acids is 1. The number of hydrogen-bond acceptors (Lipinski definition) is 3. The maximum atomic E-state index is 12.0. The highest BCUT2D eigenvalue weighted by molar-refractivity contribution is 5.89. The van der Waals surface area contributed by atoms with Crippen LogP contribution < -0.4 is 5.56 Å². The molecule has 3 N–H and O–H groups in total. The van der Waals surface area contributed by atoms with Crippen molar-refractivity contribution in [2.45, 2.75) is 19.9 Å². The summed E-state index contributed by atoms with van der Waals surface area (Å²) in [6, 6.07) is 9.17. The van der Waals surface area contributed by atoms with Crippen LogP contribution in [-0.4, -0.2) is 32.3 Å². The second kappa shape index (κ2) is 6.33. The first-order valence-electron chi connectivity index (χ1n) is 7.74. The fourth-order valence-corrected chi connectivity index (χ4v) is 2.93. The largest absolute Gasteiger partial charge is 0.477 e. The van der Waals surface area contributed by atoms with E-state index in [-0.39, 0.29) is 12.2 Å². The average molecular weight is 326 g/mol. The predicted molar refractivity (Wildman–Crippen MR) is 91.4 cm³/mol. The number of aryl methyl sites for hydroxylation is 1. The molecule has 3 aromatic rings. The minimum atomic E-state index is -1.23. The monoisotopic (exact) mass is 326 g/mol. The van der Waals surface area contributed by atoms with Gasteiger partial charge in [-0.2, -0.15) is 0 Å². The van der Waals surface area contributed by atoms with Crippen molar-refractivity contribution >= 4 is 16.9 Å². The molecule has 2 aromatic heterocycles. The van der Waals surface area contributed by atoms with Gasteiger partial charge in [0.2, 0.25) is 0 Å². The van der Waals surface area contributed by atoms with Crippen molar-refractivity contribution in [1.29, 1.82) is 0 Å². The van der Waals surface area contributed by atoms with Gasteiger partial charge in [-0.15, -0.1) is 0 Å². The molecule has 0 fully saturated rings. The van der Waals surface area contributed by atoms with Crippen molar-refractivity contribution in [2.24, 2.45) is 0 Å². The number of aromatic nitrogens is 2. The zero-order valence-corrected chi connectivity index (χ0v) is 13.2. The van der Waals surface area contributed by atoms with E-state index in [1.165, 1.54) is 6.07 Å². The maximum absolute atomic E-state index is 12.0. The maximum Gasteiger partial charge on any atom is 0.341 e. The second-order valence-electron chi connectivity index (χ2n) is 5.58. The molecule has 2 heterocycles. The number of benzene rings is 1. The normalized spacial score (nSPS) is 11.1. The van der Waals surface area contributed by atoms with E-state index < -0.39 is 11.5 Å². The van der Waals surface area contributed by atoms with Gasteiger partial charge in [0.1, 0.15) is 5.56 Å². The summed E-state index contributed by atoms with van der Waals surface area (Å²) in [5, 5.41) is 19.2. The Balaban J connectivity index is 2.15. The summed E-state index contributed by atoms with van der Waals surface area (Å²) in [6.45, 7) is 2.50. The number of aromatic amines is 1. The van der Waals surface area contributed by atoms with Gasteiger partial charge in [-0.1, -0.05) is 13.0 Å². The Morgan fingerprint density at radius 2 is 2.04 bits per heavy atom. The molecule has 0 spiro atoms. The van der Waals surface area contributed by atoms with Gasteiger partial charge in [0, 0.05) is 23.6 Å². The number of nitrogens with one attached hydrogen (secondary N) is 1. The molecule has 3 rings (SSSR count). The van der Waals surface area contributed by atoms with Gasteiger partial charge in [0.15, 0.2) is 0 Å². The van der Waals surface area contributed by atoms with Crippen LogP contribution in [0.5, 0.6) is 0 Å². The lowest BCUT2D eigenvalue weighted by atomic mass is 10.0. The highest BCUT2D eigenvalue weighted by atomic mass is 16.4. The Labute approximate surface area is 138 Å². The SMILES string of the molecule is CCc1cc(C(=O)O)c(=O)[nH]c1-c1ccc2c(ccn2CCO)c1. The average Bonchev–Trinajstić information content (AvgIpc) is 2.97. The molecule has 0 radical (unpaired) electrons. The highest BCUT2D eigenvalue weighted by Gasteiger charge is 2.14. The van der Waals surface area contributed by atoms with Crippen molar-refractivity contribution in [3.05, 3.63) is 58.0 Å². The molecule has 0 aliphatic carbocycles. The summed E-state index contributed by atoms with van der Waals surface area (Å²) in [7, 11) is 0. The lowest BCUT2D eigenvalue weighted by Gasteiger charge is -2.10. The second-order valence-corrected chi connectivity index (χ2v) is 5.58. The molecule has 6 nitrogen and oxygen atoms in total. The van der Waals surface area contributed by atoms with E-state index in [2.05, 4.69) is 4.98 Å². The smallest absolute Gasteiger partial charge is 0.341 e. The Bertz CT molecular complexity index is 969. The molecule has 0 saturated heterocycles. The number of carbonyl (C=O) groups is 1. The lowest BCUT2D eigenvalue weighted by molar-refractivity contribution is 0.0695. The van der Waals surface area contributed by atoms with Crippen LogP contribution in [0.1, 0.15) is 22.8 Å². The van der Waals surface area contributed by atoms with Crippen LogP contribution in [-0.2, 0) is 13.0 Å².